The third-order valence-electron chi connectivity index (χ3n) is 5.15. The van der Waals surface area contributed by atoms with Crippen LogP contribution in [0.2, 0.25) is 5.02 Å². The Morgan fingerprint density at radius 1 is 1.12 bits per heavy atom. The Morgan fingerprint density at radius 3 is 2.53 bits per heavy atom. The van der Waals surface area contributed by atoms with E-state index in [1.807, 2.05) is 13.8 Å². The van der Waals surface area contributed by atoms with Crippen LogP contribution in [0.5, 0.6) is 5.75 Å². The number of hydrogen-bond donors (Lipinski definition) is 0. The normalized spacial score (nSPS) is 17.5. The summed E-state index contributed by atoms with van der Waals surface area (Å²) in [4.78, 5) is 33.1. The molecule has 5 rings (SSSR count). The monoisotopic (exact) mass is 458 g/mol. The Hall–Kier alpha value is -3.40. The van der Waals surface area contributed by atoms with Gasteiger partial charge in [-0.2, -0.15) is 4.68 Å². The van der Waals surface area contributed by atoms with Crippen LogP contribution < -0.4 is 16.1 Å². The molecule has 0 amide bonds. The number of fused-ring (bicyclic) bond motifs is 1. The van der Waals surface area contributed by atoms with E-state index >= 15 is 0 Å². The van der Waals surface area contributed by atoms with Crippen molar-refractivity contribution >= 4 is 22.8 Å². The van der Waals surface area contributed by atoms with Gasteiger partial charge >= 0.3 is 5.76 Å². The summed E-state index contributed by atoms with van der Waals surface area (Å²) in [7, 11) is 1.72. The molecule has 3 heterocycles. The molecule has 1 aromatic carbocycles. The van der Waals surface area contributed by atoms with Crippen LogP contribution in [-0.4, -0.2) is 35.0 Å². The molecule has 0 unspecified atom stereocenters. The molecule has 0 N–H and O–H groups in total. The number of nitrogens with zero attached hydrogens (tertiary/aromatic N) is 6. The average Bonchev–Trinajstić information content (AvgIpc) is 3.32. The minimum absolute atomic E-state index is 0.00656. The summed E-state index contributed by atoms with van der Waals surface area (Å²) in [6.45, 7) is 4.01. The van der Waals surface area contributed by atoms with Crippen molar-refractivity contribution in [2.24, 2.45) is 7.05 Å². The fourth-order valence-electron chi connectivity index (χ4n) is 3.49. The van der Waals surface area contributed by atoms with Gasteiger partial charge in [0.25, 0.3) is 5.56 Å². The van der Waals surface area contributed by atoms with E-state index in [0.717, 1.165) is 5.75 Å². The molecule has 32 heavy (non-hydrogen) atoms. The Bertz CT molecular complexity index is 1330. The maximum atomic E-state index is 12.6. The molecule has 3 aromatic heterocycles. The van der Waals surface area contributed by atoms with Crippen LogP contribution in [-0.2, 0) is 13.6 Å². The molecule has 1 fully saturated rings. The molecule has 0 bridgehead atoms. The molecule has 1 aliphatic carbocycles. The number of halogens is 1. The molecule has 1 saturated carbocycles. The molecule has 0 saturated heterocycles. The van der Waals surface area contributed by atoms with E-state index in [2.05, 4.69) is 15.1 Å². The average molecular weight is 459 g/mol. The summed E-state index contributed by atoms with van der Waals surface area (Å²) >= 11 is 5.88. The van der Waals surface area contributed by atoms with Gasteiger partial charge in [0.2, 0.25) is 5.89 Å². The van der Waals surface area contributed by atoms with Crippen LogP contribution >= 0.6 is 11.6 Å². The Kier molecular flexibility index (Phi) is 6.13. The van der Waals surface area contributed by atoms with Gasteiger partial charge in [-0.15, -0.1) is 5.10 Å². The van der Waals surface area contributed by atoms with Gasteiger partial charge in [-0.25, -0.2) is 14.8 Å². The summed E-state index contributed by atoms with van der Waals surface area (Å²) in [6.07, 6.45) is 4.16. The van der Waals surface area contributed by atoms with E-state index in [4.69, 9.17) is 20.8 Å². The van der Waals surface area contributed by atoms with Gasteiger partial charge in [-0.3, -0.25) is 9.36 Å². The van der Waals surface area contributed by atoms with E-state index < -0.39 is 5.76 Å². The first-order valence-electron chi connectivity index (χ1n) is 10.3. The third kappa shape index (κ3) is 4.18. The van der Waals surface area contributed by atoms with E-state index in [1.165, 1.54) is 21.9 Å². The summed E-state index contributed by atoms with van der Waals surface area (Å²) in [6, 6.07) is 7.03. The fourth-order valence-corrected chi connectivity index (χ4v) is 3.62. The SMILES string of the molecule is CC.Cn1cnc2ncn(Cc3nn(C4CC(Oc5ccc(Cl)cc5)C4)c(=O)o3)c(=O)c21. The zero-order valence-corrected chi connectivity index (χ0v) is 18.7. The Labute approximate surface area is 188 Å². The van der Waals surface area contributed by atoms with Crippen molar-refractivity contribution in [1.29, 1.82) is 0 Å². The van der Waals surface area contributed by atoms with E-state index in [-0.39, 0.29) is 30.1 Å². The van der Waals surface area contributed by atoms with Crippen LogP contribution in [0, 0.1) is 0 Å². The largest absolute Gasteiger partial charge is 0.490 e. The molecular formula is C21H23ClN6O4. The predicted octanol–water partition coefficient (Wildman–Crippen LogP) is 2.79. The van der Waals surface area contributed by atoms with Crippen molar-refractivity contribution in [3.63, 3.8) is 0 Å². The number of aryl methyl sites for hydroxylation is 1. The van der Waals surface area contributed by atoms with E-state index in [0.29, 0.717) is 29.0 Å². The number of hydrogen-bond acceptors (Lipinski definition) is 7. The first-order chi connectivity index (χ1) is 15.5. The summed E-state index contributed by atoms with van der Waals surface area (Å²) in [5.41, 5.74) is 0.463. The third-order valence-corrected chi connectivity index (χ3v) is 5.40. The van der Waals surface area contributed by atoms with Gasteiger partial charge in [-0.1, -0.05) is 25.4 Å². The fraction of sp³-hybridized carbons (Fsp3) is 0.381. The van der Waals surface area contributed by atoms with Crippen LogP contribution in [0.25, 0.3) is 11.2 Å². The summed E-state index contributed by atoms with van der Waals surface area (Å²) in [5, 5.41) is 4.91. The maximum Gasteiger partial charge on any atom is 0.437 e. The van der Waals surface area contributed by atoms with Gasteiger partial charge in [0.1, 0.15) is 24.7 Å². The van der Waals surface area contributed by atoms with Crippen molar-refractivity contribution in [1.82, 2.24) is 28.9 Å². The number of ether oxygens (including phenoxy) is 1. The van der Waals surface area contributed by atoms with Crippen LogP contribution in [0.4, 0.5) is 0 Å². The lowest BCUT2D eigenvalue weighted by Gasteiger charge is -2.34. The highest BCUT2D eigenvalue weighted by atomic mass is 35.5. The number of aromatic nitrogens is 6. The minimum atomic E-state index is -0.553. The van der Waals surface area contributed by atoms with Crippen molar-refractivity contribution in [3.8, 4) is 5.75 Å². The van der Waals surface area contributed by atoms with Crippen molar-refractivity contribution in [2.45, 2.75) is 45.4 Å². The topological polar surface area (TPSA) is 110 Å². The quantitative estimate of drug-likeness (QED) is 0.452. The second-order valence-electron chi connectivity index (χ2n) is 7.23. The zero-order valence-electron chi connectivity index (χ0n) is 17.9. The highest BCUT2D eigenvalue weighted by Gasteiger charge is 2.35. The molecule has 0 aliphatic heterocycles. The summed E-state index contributed by atoms with van der Waals surface area (Å²) in [5.74, 6) is 0.323. The van der Waals surface area contributed by atoms with Gasteiger partial charge < -0.3 is 13.7 Å². The van der Waals surface area contributed by atoms with Gasteiger partial charge in [0.05, 0.1) is 12.4 Å². The lowest BCUT2D eigenvalue weighted by Crippen LogP contribution is -2.39. The van der Waals surface area contributed by atoms with Crippen molar-refractivity contribution in [2.75, 3.05) is 0 Å². The lowest BCUT2D eigenvalue weighted by molar-refractivity contribution is 0.0616. The Morgan fingerprint density at radius 2 is 1.81 bits per heavy atom. The van der Waals surface area contributed by atoms with Crippen molar-refractivity contribution < 1.29 is 9.15 Å². The minimum Gasteiger partial charge on any atom is -0.490 e. The Balaban J connectivity index is 0.00000119. The molecular weight excluding hydrogens is 436 g/mol. The predicted molar refractivity (Wildman–Crippen MR) is 118 cm³/mol. The second kappa shape index (κ2) is 8.99. The van der Waals surface area contributed by atoms with E-state index in [1.54, 1.807) is 35.9 Å². The molecule has 1 aliphatic rings. The molecule has 4 aromatic rings. The van der Waals surface area contributed by atoms with Gasteiger partial charge in [0, 0.05) is 24.9 Å². The van der Waals surface area contributed by atoms with Crippen molar-refractivity contribution in [3.05, 3.63) is 68.7 Å². The highest BCUT2D eigenvalue weighted by molar-refractivity contribution is 6.30. The molecule has 0 radical (unpaired) electrons. The number of benzene rings is 1. The highest BCUT2D eigenvalue weighted by Crippen LogP contribution is 2.34. The van der Waals surface area contributed by atoms with Crippen LogP contribution in [0.1, 0.15) is 38.6 Å². The molecule has 0 spiro atoms. The maximum absolute atomic E-state index is 12.6. The first kappa shape index (κ1) is 21.8. The van der Waals surface area contributed by atoms with E-state index in [9.17, 15) is 9.59 Å². The van der Waals surface area contributed by atoms with Gasteiger partial charge in [0.15, 0.2) is 11.2 Å². The molecule has 10 nitrogen and oxygen atoms in total. The summed E-state index contributed by atoms with van der Waals surface area (Å²) < 4.78 is 15.4. The molecule has 0 atom stereocenters. The molecule has 11 heteroatoms. The number of imidazole rings is 1. The van der Waals surface area contributed by atoms with Crippen LogP contribution in [0.3, 0.4) is 0 Å². The lowest BCUT2D eigenvalue weighted by atomic mass is 9.89. The zero-order chi connectivity index (χ0) is 22.8. The second-order valence-corrected chi connectivity index (χ2v) is 7.67. The van der Waals surface area contributed by atoms with Gasteiger partial charge in [-0.05, 0) is 24.3 Å². The molecule has 168 valence electrons. The smallest absolute Gasteiger partial charge is 0.437 e. The first-order valence-corrected chi connectivity index (χ1v) is 10.7. The standard InChI is InChI=1S/C19H17ClN6O4.C2H6/c1-24-9-21-17-16(24)18(27)25(10-22-17)8-15-23-26(19(28)30-15)12-6-14(7-12)29-13-4-2-11(20)3-5-13;1-2/h2-5,9-10,12,14H,6-8H2,1H3;1-2H3. The number of rotatable bonds is 5. The van der Waals surface area contributed by atoms with Crippen LogP contribution in [0.15, 0.2) is 50.9 Å².